The average Bonchev–Trinajstić information content (AvgIpc) is 1.82. The number of hydrogen-bond donors (Lipinski definition) is 0. The summed E-state index contributed by atoms with van der Waals surface area (Å²) in [5, 5.41) is 0. The predicted octanol–water partition coefficient (Wildman–Crippen LogP) is 3.24. The molecule has 0 atom stereocenters. The highest BCUT2D eigenvalue weighted by molar-refractivity contribution is 5.01. The van der Waals surface area contributed by atoms with Gasteiger partial charge in [-0.2, -0.15) is 0 Å². The summed E-state index contributed by atoms with van der Waals surface area (Å²) in [5.41, 5.74) is 2.40. The SMILES string of the molecule is CC(C)=COC(C)=C(C)C. The molecule has 1 nitrogen and oxygen atoms in total. The van der Waals surface area contributed by atoms with Crippen LogP contribution in [0.15, 0.2) is 23.2 Å². The Morgan fingerprint density at radius 3 is 1.80 bits per heavy atom. The Hall–Kier alpha value is -0.720. The minimum Gasteiger partial charge on any atom is -0.470 e. The molecule has 0 saturated heterocycles. The maximum atomic E-state index is 5.28. The van der Waals surface area contributed by atoms with E-state index in [9.17, 15) is 0 Å². The van der Waals surface area contributed by atoms with Gasteiger partial charge in [-0.15, -0.1) is 0 Å². The largest absolute Gasteiger partial charge is 0.470 e. The molecule has 0 rings (SSSR count). The summed E-state index contributed by atoms with van der Waals surface area (Å²) in [5.74, 6) is 0.987. The lowest BCUT2D eigenvalue weighted by atomic mass is 10.3. The second-order valence-corrected chi connectivity index (χ2v) is 2.87. The Labute approximate surface area is 63.4 Å². The minimum absolute atomic E-state index is 0.987. The van der Waals surface area contributed by atoms with E-state index in [0.717, 1.165) is 5.76 Å². The van der Waals surface area contributed by atoms with Crippen LogP contribution in [0.2, 0.25) is 0 Å². The first-order valence-corrected chi connectivity index (χ1v) is 3.48. The van der Waals surface area contributed by atoms with Gasteiger partial charge >= 0.3 is 0 Å². The highest BCUT2D eigenvalue weighted by Crippen LogP contribution is 2.04. The Balaban J connectivity index is 3.94. The van der Waals surface area contributed by atoms with Crippen LogP contribution in [-0.4, -0.2) is 0 Å². The van der Waals surface area contributed by atoms with Crippen molar-refractivity contribution in [2.75, 3.05) is 0 Å². The molecule has 0 aliphatic carbocycles. The molecule has 0 saturated carbocycles. The third-order valence-corrected chi connectivity index (χ3v) is 1.18. The van der Waals surface area contributed by atoms with Gasteiger partial charge in [0.15, 0.2) is 0 Å². The fourth-order valence-corrected chi connectivity index (χ4v) is 0.324. The average molecular weight is 140 g/mol. The summed E-state index contributed by atoms with van der Waals surface area (Å²) in [7, 11) is 0. The molecule has 0 aromatic heterocycles. The number of ether oxygens (including phenoxy) is 1. The van der Waals surface area contributed by atoms with Crippen molar-refractivity contribution in [2.24, 2.45) is 0 Å². The lowest BCUT2D eigenvalue weighted by molar-refractivity contribution is 0.344. The van der Waals surface area contributed by atoms with Crippen molar-refractivity contribution >= 4 is 0 Å². The summed E-state index contributed by atoms with van der Waals surface area (Å²) in [4.78, 5) is 0. The maximum absolute atomic E-state index is 5.28. The predicted molar refractivity (Wildman–Crippen MR) is 44.6 cm³/mol. The van der Waals surface area contributed by atoms with Gasteiger partial charge in [0.2, 0.25) is 0 Å². The van der Waals surface area contributed by atoms with Crippen LogP contribution < -0.4 is 0 Å². The highest BCUT2D eigenvalue weighted by atomic mass is 16.5. The third-order valence-electron chi connectivity index (χ3n) is 1.18. The molecule has 0 amide bonds. The van der Waals surface area contributed by atoms with E-state index < -0.39 is 0 Å². The molecule has 0 aliphatic heterocycles. The molecule has 0 bridgehead atoms. The van der Waals surface area contributed by atoms with E-state index >= 15 is 0 Å². The van der Waals surface area contributed by atoms with Crippen LogP contribution in [0, 0.1) is 0 Å². The Kier molecular flexibility index (Phi) is 3.85. The van der Waals surface area contributed by atoms with Gasteiger partial charge in [-0.25, -0.2) is 0 Å². The molecule has 58 valence electrons. The van der Waals surface area contributed by atoms with Crippen LogP contribution in [0.1, 0.15) is 34.6 Å². The van der Waals surface area contributed by atoms with Gasteiger partial charge in [0.25, 0.3) is 0 Å². The zero-order valence-corrected chi connectivity index (χ0v) is 7.49. The number of hydrogen-bond acceptors (Lipinski definition) is 1. The van der Waals surface area contributed by atoms with Gasteiger partial charge < -0.3 is 4.74 Å². The van der Waals surface area contributed by atoms with Crippen LogP contribution >= 0.6 is 0 Å². The van der Waals surface area contributed by atoms with Crippen molar-refractivity contribution < 1.29 is 4.74 Å². The monoisotopic (exact) mass is 140 g/mol. The molecule has 0 spiro atoms. The lowest BCUT2D eigenvalue weighted by Crippen LogP contribution is -1.82. The molecule has 10 heavy (non-hydrogen) atoms. The van der Waals surface area contributed by atoms with E-state index in [1.165, 1.54) is 11.1 Å². The zero-order chi connectivity index (χ0) is 8.15. The molecule has 0 aliphatic rings. The Morgan fingerprint density at radius 1 is 1.00 bits per heavy atom. The van der Waals surface area contributed by atoms with Gasteiger partial charge in [0.1, 0.15) is 0 Å². The van der Waals surface area contributed by atoms with Crippen molar-refractivity contribution in [1.29, 1.82) is 0 Å². The standard InChI is InChI=1S/C9H16O/c1-7(2)6-10-9(5)8(3)4/h6H,1-5H3. The summed E-state index contributed by atoms with van der Waals surface area (Å²) in [6.45, 7) is 10.1. The van der Waals surface area contributed by atoms with E-state index in [2.05, 4.69) is 0 Å². The second kappa shape index (κ2) is 4.15. The summed E-state index contributed by atoms with van der Waals surface area (Å²) >= 11 is 0. The fraction of sp³-hybridized carbons (Fsp3) is 0.556. The molecule has 0 aromatic carbocycles. The topological polar surface area (TPSA) is 9.23 Å². The van der Waals surface area contributed by atoms with Crippen LogP contribution in [-0.2, 0) is 4.74 Å². The van der Waals surface area contributed by atoms with Crippen LogP contribution in [0.3, 0.4) is 0 Å². The maximum Gasteiger partial charge on any atom is 0.0987 e. The highest BCUT2D eigenvalue weighted by Gasteiger charge is 1.88. The van der Waals surface area contributed by atoms with Gasteiger partial charge in [-0.05, 0) is 45.8 Å². The van der Waals surface area contributed by atoms with Gasteiger partial charge in [0.05, 0.1) is 12.0 Å². The van der Waals surface area contributed by atoms with E-state index in [4.69, 9.17) is 4.74 Å². The van der Waals surface area contributed by atoms with Crippen LogP contribution in [0.25, 0.3) is 0 Å². The molecule has 0 heterocycles. The first-order chi connectivity index (χ1) is 4.54. The molecule has 0 radical (unpaired) electrons. The lowest BCUT2D eigenvalue weighted by Gasteiger charge is -2.01. The fourth-order valence-electron chi connectivity index (χ4n) is 0.324. The van der Waals surface area contributed by atoms with Crippen molar-refractivity contribution in [1.82, 2.24) is 0 Å². The van der Waals surface area contributed by atoms with Gasteiger partial charge in [0, 0.05) is 0 Å². The molecule has 1 heteroatoms. The van der Waals surface area contributed by atoms with Gasteiger partial charge in [-0.3, -0.25) is 0 Å². The quantitative estimate of drug-likeness (QED) is 0.535. The van der Waals surface area contributed by atoms with Crippen molar-refractivity contribution in [3.63, 3.8) is 0 Å². The van der Waals surface area contributed by atoms with Crippen molar-refractivity contribution in [3.8, 4) is 0 Å². The van der Waals surface area contributed by atoms with E-state index in [1.807, 2.05) is 34.6 Å². The molecule has 0 aromatic rings. The smallest absolute Gasteiger partial charge is 0.0987 e. The summed E-state index contributed by atoms with van der Waals surface area (Å²) in [6, 6.07) is 0. The molecule has 0 N–H and O–H groups in total. The Bertz CT molecular complexity index is 156. The van der Waals surface area contributed by atoms with Crippen molar-refractivity contribution in [2.45, 2.75) is 34.6 Å². The van der Waals surface area contributed by atoms with Crippen molar-refractivity contribution in [3.05, 3.63) is 23.2 Å². The molecular formula is C9H16O. The van der Waals surface area contributed by atoms with E-state index in [1.54, 1.807) is 6.26 Å². The first kappa shape index (κ1) is 9.28. The summed E-state index contributed by atoms with van der Waals surface area (Å²) < 4.78 is 5.28. The number of rotatable bonds is 2. The molecule has 0 fully saturated rings. The zero-order valence-electron chi connectivity index (χ0n) is 7.49. The first-order valence-electron chi connectivity index (χ1n) is 3.48. The van der Waals surface area contributed by atoms with E-state index in [-0.39, 0.29) is 0 Å². The van der Waals surface area contributed by atoms with Crippen LogP contribution in [0.5, 0.6) is 0 Å². The third kappa shape index (κ3) is 4.19. The molecular weight excluding hydrogens is 124 g/mol. The Morgan fingerprint density at radius 2 is 1.50 bits per heavy atom. The molecule has 0 unspecified atom stereocenters. The number of allylic oxidation sites excluding steroid dienone is 3. The summed E-state index contributed by atoms with van der Waals surface area (Å²) in [6.07, 6.45) is 1.77. The van der Waals surface area contributed by atoms with E-state index in [0.29, 0.717) is 0 Å². The second-order valence-electron chi connectivity index (χ2n) is 2.87. The normalized spacial score (nSPS) is 8.50. The minimum atomic E-state index is 0.987. The van der Waals surface area contributed by atoms with Gasteiger partial charge in [-0.1, -0.05) is 0 Å². The van der Waals surface area contributed by atoms with Crippen LogP contribution in [0.4, 0.5) is 0 Å².